The van der Waals surface area contributed by atoms with Crippen LogP contribution in [0, 0.1) is 5.82 Å². The van der Waals surface area contributed by atoms with Gasteiger partial charge in [0.15, 0.2) is 0 Å². The molecule has 0 radical (unpaired) electrons. The Balaban J connectivity index is 1.45. The minimum Gasteiger partial charge on any atom is -0.388 e. The molecular weight excluding hydrogens is 319 g/mol. The largest absolute Gasteiger partial charge is 0.388 e. The van der Waals surface area contributed by atoms with Gasteiger partial charge in [0.05, 0.1) is 6.10 Å². The van der Waals surface area contributed by atoms with Crippen molar-refractivity contribution in [1.82, 2.24) is 9.97 Å². The van der Waals surface area contributed by atoms with Gasteiger partial charge in [0.1, 0.15) is 23.8 Å². The molecule has 4 rings (SSSR count). The number of aliphatic hydroxyl groups is 1. The molecule has 1 saturated carbocycles. The van der Waals surface area contributed by atoms with Gasteiger partial charge in [0.2, 0.25) is 0 Å². The number of nitrogens with one attached hydrogen (secondary N) is 1. The third kappa shape index (κ3) is 3.90. The van der Waals surface area contributed by atoms with Crippen LogP contribution in [-0.4, -0.2) is 33.7 Å². The Kier molecular flexibility index (Phi) is 4.53. The van der Waals surface area contributed by atoms with Crippen LogP contribution in [0.4, 0.5) is 16.0 Å². The fraction of sp³-hybridized carbons (Fsp3) is 0.474. The van der Waals surface area contributed by atoms with Gasteiger partial charge in [-0.05, 0) is 49.8 Å². The second-order valence-electron chi connectivity index (χ2n) is 6.97. The second kappa shape index (κ2) is 6.96. The fourth-order valence-corrected chi connectivity index (χ4v) is 3.48. The van der Waals surface area contributed by atoms with Gasteiger partial charge in [-0.15, -0.1) is 0 Å². The summed E-state index contributed by atoms with van der Waals surface area (Å²) in [7, 11) is 0. The van der Waals surface area contributed by atoms with Gasteiger partial charge in [-0.1, -0.05) is 12.1 Å². The third-order valence-corrected chi connectivity index (χ3v) is 5.00. The molecule has 1 saturated heterocycles. The molecule has 25 heavy (non-hydrogen) atoms. The quantitative estimate of drug-likeness (QED) is 0.844. The summed E-state index contributed by atoms with van der Waals surface area (Å²) >= 11 is 0. The van der Waals surface area contributed by atoms with E-state index in [1.54, 1.807) is 18.5 Å². The molecule has 2 N–H and O–H groups in total. The highest BCUT2D eigenvalue weighted by molar-refractivity contribution is 5.50. The molecule has 2 aliphatic rings. The second-order valence-corrected chi connectivity index (χ2v) is 6.97. The van der Waals surface area contributed by atoms with Crippen LogP contribution in [-0.2, 0) is 0 Å². The van der Waals surface area contributed by atoms with Crippen LogP contribution in [0.5, 0.6) is 0 Å². The van der Waals surface area contributed by atoms with Crippen LogP contribution < -0.4 is 10.2 Å². The zero-order valence-electron chi connectivity index (χ0n) is 14.1. The Hall–Kier alpha value is -2.21. The predicted octanol–water partition coefficient (Wildman–Crippen LogP) is 3.28. The summed E-state index contributed by atoms with van der Waals surface area (Å²) in [6.45, 7) is 0.931. The molecule has 2 fully saturated rings. The van der Waals surface area contributed by atoms with Crippen molar-refractivity contribution in [1.29, 1.82) is 0 Å². The van der Waals surface area contributed by atoms with Crippen molar-refractivity contribution in [2.45, 2.75) is 50.3 Å². The lowest BCUT2D eigenvalue weighted by Gasteiger charge is -2.27. The SMILES string of the molecule is OC(CC1CCCN1c1cc(NC2CC2)ncn1)c1ccc(F)cc1. The van der Waals surface area contributed by atoms with Crippen LogP contribution in [0.25, 0.3) is 0 Å². The Morgan fingerprint density at radius 3 is 2.76 bits per heavy atom. The number of hydrogen-bond donors (Lipinski definition) is 2. The third-order valence-electron chi connectivity index (χ3n) is 5.00. The molecule has 0 amide bonds. The van der Waals surface area contributed by atoms with Crippen molar-refractivity contribution in [3.8, 4) is 0 Å². The number of rotatable bonds is 6. The molecule has 2 atom stereocenters. The average Bonchev–Trinajstić information content (AvgIpc) is 3.31. The number of halogens is 1. The van der Waals surface area contributed by atoms with Crippen molar-refractivity contribution >= 4 is 11.6 Å². The van der Waals surface area contributed by atoms with Gasteiger partial charge in [-0.2, -0.15) is 0 Å². The number of nitrogens with zero attached hydrogens (tertiary/aromatic N) is 3. The number of hydrogen-bond acceptors (Lipinski definition) is 5. The number of aliphatic hydroxyl groups excluding tert-OH is 1. The first-order valence-electron chi connectivity index (χ1n) is 8.98. The van der Waals surface area contributed by atoms with Crippen molar-refractivity contribution in [2.24, 2.45) is 0 Å². The first-order chi connectivity index (χ1) is 12.2. The maximum absolute atomic E-state index is 13.1. The zero-order valence-corrected chi connectivity index (χ0v) is 14.1. The van der Waals surface area contributed by atoms with E-state index in [9.17, 15) is 9.50 Å². The Morgan fingerprint density at radius 1 is 1.20 bits per heavy atom. The van der Waals surface area contributed by atoms with Crippen molar-refractivity contribution in [3.63, 3.8) is 0 Å². The molecule has 1 aliphatic carbocycles. The lowest BCUT2D eigenvalue weighted by atomic mass is 10.0. The van der Waals surface area contributed by atoms with E-state index < -0.39 is 6.10 Å². The Bertz CT molecular complexity index is 720. The molecule has 2 unspecified atom stereocenters. The molecule has 2 heterocycles. The molecule has 132 valence electrons. The normalized spacial score (nSPS) is 21.4. The molecule has 2 aromatic rings. The summed E-state index contributed by atoms with van der Waals surface area (Å²) in [6, 6.07) is 8.88. The monoisotopic (exact) mass is 342 g/mol. The summed E-state index contributed by atoms with van der Waals surface area (Å²) in [4.78, 5) is 11.0. The first kappa shape index (κ1) is 16.3. The van der Waals surface area contributed by atoms with Crippen LogP contribution in [0.3, 0.4) is 0 Å². The van der Waals surface area contributed by atoms with Gasteiger partial charge in [-0.3, -0.25) is 0 Å². The van der Waals surface area contributed by atoms with Crippen LogP contribution >= 0.6 is 0 Å². The lowest BCUT2D eigenvalue weighted by Crippen LogP contribution is -2.31. The highest BCUT2D eigenvalue weighted by Gasteiger charge is 2.29. The summed E-state index contributed by atoms with van der Waals surface area (Å²) in [5.74, 6) is 1.50. The number of benzene rings is 1. The maximum Gasteiger partial charge on any atom is 0.134 e. The Morgan fingerprint density at radius 2 is 2.00 bits per heavy atom. The van der Waals surface area contributed by atoms with Crippen molar-refractivity contribution in [2.75, 3.05) is 16.8 Å². The highest BCUT2D eigenvalue weighted by atomic mass is 19.1. The van der Waals surface area contributed by atoms with E-state index in [4.69, 9.17) is 0 Å². The van der Waals surface area contributed by atoms with Gasteiger partial charge in [0.25, 0.3) is 0 Å². The maximum atomic E-state index is 13.1. The molecule has 0 spiro atoms. The Labute approximate surface area is 146 Å². The molecule has 1 aromatic carbocycles. The summed E-state index contributed by atoms with van der Waals surface area (Å²) in [5.41, 5.74) is 0.757. The topological polar surface area (TPSA) is 61.3 Å². The van der Waals surface area contributed by atoms with Crippen LogP contribution in [0.1, 0.15) is 43.8 Å². The van der Waals surface area contributed by atoms with Crippen LogP contribution in [0.2, 0.25) is 0 Å². The van der Waals surface area contributed by atoms with Crippen molar-refractivity contribution < 1.29 is 9.50 Å². The molecule has 6 heteroatoms. The minimum absolute atomic E-state index is 0.226. The van der Waals surface area contributed by atoms with Gasteiger partial charge in [-0.25, -0.2) is 14.4 Å². The van der Waals surface area contributed by atoms with E-state index in [-0.39, 0.29) is 11.9 Å². The van der Waals surface area contributed by atoms with Gasteiger partial charge >= 0.3 is 0 Å². The summed E-state index contributed by atoms with van der Waals surface area (Å²) in [6.07, 6.45) is 6.12. The average molecular weight is 342 g/mol. The first-order valence-corrected chi connectivity index (χ1v) is 8.98. The summed E-state index contributed by atoms with van der Waals surface area (Å²) in [5, 5.41) is 13.9. The standard InChI is InChI=1S/C19H23FN4O/c20-14-5-3-13(4-6-14)17(25)10-16-2-1-9-24(16)19-11-18(21-12-22-19)23-15-7-8-15/h3-6,11-12,15-17,25H,1-2,7-10H2,(H,21,22,23). The fourth-order valence-electron chi connectivity index (χ4n) is 3.48. The predicted molar refractivity (Wildman–Crippen MR) is 95.0 cm³/mol. The molecule has 1 aliphatic heterocycles. The van der Waals surface area contributed by atoms with Crippen LogP contribution in [0.15, 0.2) is 36.7 Å². The molecule has 0 bridgehead atoms. The molecular formula is C19H23FN4O. The summed E-state index contributed by atoms with van der Waals surface area (Å²) < 4.78 is 13.1. The molecule has 1 aromatic heterocycles. The van der Waals surface area contributed by atoms with Crippen molar-refractivity contribution in [3.05, 3.63) is 48.0 Å². The van der Waals surface area contributed by atoms with E-state index in [2.05, 4.69) is 20.2 Å². The zero-order chi connectivity index (χ0) is 17.2. The van der Waals surface area contributed by atoms with E-state index in [0.29, 0.717) is 12.5 Å². The van der Waals surface area contributed by atoms with Gasteiger partial charge < -0.3 is 15.3 Å². The van der Waals surface area contributed by atoms with E-state index in [0.717, 1.165) is 36.6 Å². The number of anilines is 2. The minimum atomic E-state index is -0.600. The smallest absolute Gasteiger partial charge is 0.134 e. The number of aromatic nitrogens is 2. The van der Waals surface area contributed by atoms with E-state index in [1.807, 2.05) is 6.07 Å². The lowest BCUT2D eigenvalue weighted by molar-refractivity contribution is 0.158. The molecule has 5 nitrogen and oxygen atoms in total. The van der Waals surface area contributed by atoms with E-state index >= 15 is 0 Å². The highest BCUT2D eigenvalue weighted by Crippen LogP contribution is 2.32. The van der Waals surface area contributed by atoms with E-state index in [1.165, 1.54) is 25.0 Å². The van der Waals surface area contributed by atoms with Gasteiger partial charge in [0, 0.05) is 24.7 Å².